The molecule has 0 aromatic carbocycles. The van der Waals surface area contributed by atoms with Crippen LogP contribution in [0.1, 0.15) is 98.8 Å². The van der Waals surface area contributed by atoms with Crippen molar-refractivity contribution in [3.8, 4) is 0 Å². The molecule has 15 atom stereocenters. The van der Waals surface area contributed by atoms with Crippen LogP contribution in [0, 0.1) is 41.4 Å². The quantitative estimate of drug-likeness (QED) is 0.132. The summed E-state index contributed by atoms with van der Waals surface area (Å²) in [6, 6.07) is 0. The predicted molar refractivity (Wildman–Crippen MR) is 182 cm³/mol. The highest BCUT2D eigenvalue weighted by Crippen LogP contribution is 2.66. The summed E-state index contributed by atoms with van der Waals surface area (Å²) in [6.07, 6.45) is -8.84. The van der Waals surface area contributed by atoms with Crippen LogP contribution in [0.25, 0.3) is 0 Å². The van der Waals surface area contributed by atoms with Crippen LogP contribution < -0.4 is 0 Å². The molecule has 9 rings (SSSR count). The van der Waals surface area contributed by atoms with E-state index in [1.165, 1.54) is 6.92 Å². The van der Waals surface area contributed by atoms with E-state index in [4.69, 9.17) is 38.2 Å². The number of nitrogens with zero attached hydrogens (tertiary/aromatic N) is 1. The molecule has 2 spiro atoms. The van der Waals surface area contributed by atoms with E-state index in [0.29, 0.717) is 51.4 Å². The van der Waals surface area contributed by atoms with Gasteiger partial charge in [0.2, 0.25) is 17.8 Å². The Morgan fingerprint density at radius 2 is 1.46 bits per heavy atom. The Kier molecular flexibility index (Phi) is 10.5. The van der Waals surface area contributed by atoms with E-state index in [0.717, 1.165) is 0 Å². The number of aliphatic hydroxyl groups excluding tert-OH is 2. The SMILES string of the molecule is C[C@@H]1CCC2C(CN(CCCCO[C@@]3(C(F)(F)F)O[C@@H]4O[C@]5(C)CCC6[C@H](C)CC[C@@H]([C@H]3C)[C@]64OO5)CC(O)CO)=C(C(F)(F)F)O[C@@H]3O[C@]4(C)CCC1[C@@]23O4. The van der Waals surface area contributed by atoms with E-state index >= 15 is 13.2 Å². The van der Waals surface area contributed by atoms with E-state index in [-0.39, 0.29) is 68.3 Å². The van der Waals surface area contributed by atoms with Gasteiger partial charge in [0, 0.05) is 43.7 Å². The molecule has 7 aliphatic heterocycles. The van der Waals surface area contributed by atoms with Crippen LogP contribution in [-0.4, -0.2) is 108 Å². The minimum Gasteiger partial charge on any atom is -0.456 e. The summed E-state index contributed by atoms with van der Waals surface area (Å²) in [4.78, 5) is 13.4. The molecule has 56 heavy (non-hydrogen) atoms. The summed E-state index contributed by atoms with van der Waals surface area (Å²) in [6.45, 7) is 7.62. The third-order valence-electron chi connectivity index (χ3n) is 14.9. The van der Waals surface area contributed by atoms with Crippen molar-refractivity contribution >= 4 is 0 Å². The molecule has 2 saturated carbocycles. The number of hydrogen-bond acceptors (Lipinski definition) is 11. The number of alkyl halides is 6. The summed E-state index contributed by atoms with van der Waals surface area (Å²) in [5.41, 5.74) is -2.35. The highest BCUT2D eigenvalue weighted by atomic mass is 19.4. The number of rotatable bonds is 11. The molecule has 4 bridgehead atoms. The van der Waals surface area contributed by atoms with E-state index < -0.39 is 89.7 Å². The Hall–Kier alpha value is -1.28. The standard InChI is InChI=1S/C39H57F6NO10/c1-21-9-11-29-25(30(38(40,41)42)50-31-35(29)26(21)12-14-33(4,51-31)54-35)19-46(18-24(48)20-47)16-6-7-17-49-37(39(43,44)45)23(3)28-10-8-22(2)27-13-15-34(5)52-32(53-37)36(27,28)56-55-34/h21-24,26-29,31-32,47-48H,6-20H2,1-5H3/t21-,22-,23-,24?,26?,27?,28+,29?,31-,32+,33+,34+,35-,36-,37-/m1/s1. The van der Waals surface area contributed by atoms with Crippen LogP contribution in [-0.2, 0) is 38.2 Å². The van der Waals surface area contributed by atoms with Crippen molar-refractivity contribution in [3.05, 3.63) is 11.3 Å². The van der Waals surface area contributed by atoms with E-state index in [2.05, 4.69) is 13.8 Å². The Bertz CT molecular complexity index is 1520. The normalized spacial score (nSPS) is 47.6. The number of fused-ring (bicyclic) bond motifs is 3. The molecule has 0 aromatic rings. The first-order valence-corrected chi connectivity index (χ1v) is 20.5. The maximum atomic E-state index is 15.3. The second kappa shape index (κ2) is 14.2. The lowest BCUT2D eigenvalue weighted by Crippen LogP contribution is -2.76. The van der Waals surface area contributed by atoms with Gasteiger partial charge in [-0.25, -0.2) is 9.78 Å². The first kappa shape index (κ1) is 41.5. The van der Waals surface area contributed by atoms with Crippen molar-refractivity contribution in [2.24, 2.45) is 41.4 Å². The lowest BCUT2D eigenvalue weighted by Gasteiger charge is -2.62. The molecule has 4 unspecified atom stereocenters. The maximum Gasteiger partial charge on any atom is 0.449 e. The Morgan fingerprint density at radius 1 is 0.804 bits per heavy atom. The van der Waals surface area contributed by atoms with Crippen molar-refractivity contribution < 1.29 is 74.8 Å². The zero-order chi connectivity index (χ0) is 40.3. The molecule has 6 saturated heterocycles. The smallest absolute Gasteiger partial charge is 0.449 e. The van der Waals surface area contributed by atoms with Crippen LogP contribution in [0.2, 0.25) is 0 Å². The highest BCUT2D eigenvalue weighted by molar-refractivity contribution is 5.30. The molecule has 0 aromatic heterocycles. The maximum absolute atomic E-state index is 15.3. The molecule has 8 fully saturated rings. The van der Waals surface area contributed by atoms with Gasteiger partial charge in [0.25, 0.3) is 5.79 Å². The zero-order valence-electron chi connectivity index (χ0n) is 32.8. The first-order valence-electron chi connectivity index (χ1n) is 20.5. The molecule has 0 radical (unpaired) electrons. The minimum atomic E-state index is -4.95. The lowest BCUT2D eigenvalue weighted by atomic mass is 9.57. The van der Waals surface area contributed by atoms with Crippen LogP contribution in [0.5, 0.6) is 0 Å². The number of halogens is 6. The number of ether oxygens (including phenoxy) is 6. The second-order valence-corrected chi connectivity index (χ2v) is 18.4. The monoisotopic (exact) mass is 813 g/mol. The van der Waals surface area contributed by atoms with Crippen molar-refractivity contribution in [2.75, 3.05) is 32.8 Å². The number of unbranched alkanes of at least 4 members (excludes halogenated alkanes) is 1. The topological polar surface area (TPSA) is 118 Å². The van der Waals surface area contributed by atoms with Gasteiger partial charge in [0.1, 0.15) is 5.60 Å². The van der Waals surface area contributed by atoms with Crippen LogP contribution in [0.3, 0.4) is 0 Å². The van der Waals surface area contributed by atoms with Gasteiger partial charge >= 0.3 is 12.4 Å². The van der Waals surface area contributed by atoms with E-state index in [1.54, 1.807) is 18.7 Å². The summed E-state index contributed by atoms with van der Waals surface area (Å²) < 4.78 is 127. The summed E-state index contributed by atoms with van der Waals surface area (Å²) in [5.74, 6) is -8.94. The molecule has 0 amide bonds. The number of aliphatic hydroxyl groups is 2. The van der Waals surface area contributed by atoms with Crippen molar-refractivity contribution in [3.63, 3.8) is 0 Å². The van der Waals surface area contributed by atoms with Gasteiger partial charge in [-0.1, -0.05) is 20.8 Å². The number of hydrogen-bond donors (Lipinski definition) is 2. The zero-order valence-corrected chi connectivity index (χ0v) is 32.8. The average Bonchev–Trinajstić information content (AvgIpc) is 3.19. The molecule has 2 N–H and O–H groups in total. The Labute approximate surface area is 323 Å². The number of allylic oxidation sites excluding steroid dienone is 1. The van der Waals surface area contributed by atoms with Crippen molar-refractivity contribution in [2.45, 2.75) is 158 Å². The van der Waals surface area contributed by atoms with Gasteiger partial charge in [-0.2, -0.15) is 26.3 Å². The Morgan fingerprint density at radius 3 is 2.14 bits per heavy atom. The largest absolute Gasteiger partial charge is 0.456 e. The molecule has 2 aliphatic carbocycles. The Balaban J connectivity index is 1.00. The minimum absolute atomic E-state index is 0.00567. The van der Waals surface area contributed by atoms with E-state index in [1.807, 2.05) is 0 Å². The molecule has 17 heteroatoms. The third-order valence-corrected chi connectivity index (χ3v) is 14.9. The van der Waals surface area contributed by atoms with E-state index in [9.17, 15) is 23.4 Å². The van der Waals surface area contributed by atoms with Crippen LogP contribution >= 0.6 is 0 Å². The summed E-state index contributed by atoms with van der Waals surface area (Å²) >= 11 is 0. The van der Waals surface area contributed by atoms with Crippen LogP contribution in [0.15, 0.2) is 11.3 Å². The molecule has 7 heterocycles. The molecule has 320 valence electrons. The molecular weight excluding hydrogens is 756 g/mol. The van der Waals surface area contributed by atoms with Gasteiger partial charge in [0.05, 0.1) is 19.3 Å². The van der Waals surface area contributed by atoms with Gasteiger partial charge in [-0.15, -0.1) is 0 Å². The third kappa shape index (κ3) is 6.38. The van der Waals surface area contributed by atoms with Gasteiger partial charge in [-0.05, 0) is 101 Å². The fourth-order valence-electron chi connectivity index (χ4n) is 12.2. The average molecular weight is 814 g/mol. The van der Waals surface area contributed by atoms with Gasteiger partial charge in [0.15, 0.2) is 17.7 Å². The first-order chi connectivity index (χ1) is 26.2. The highest BCUT2D eigenvalue weighted by Gasteiger charge is 2.77. The van der Waals surface area contributed by atoms with Gasteiger partial charge < -0.3 is 38.6 Å². The van der Waals surface area contributed by atoms with Crippen LogP contribution in [0.4, 0.5) is 26.3 Å². The van der Waals surface area contributed by atoms with Gasteiger partial charge in [-0.3, -0.25) is 4.90 Å². The second-order valence-electron chi connectivity index (χ2n) is 18.4. The molecular formula is C39H57F6NO10. The molecule has 9 aliphatic rings. The lowest BCUT2D eigenvalue weighted by molar-refractivity contribution is -0.598. The van der Waals surface area contributed by atoms with Crippen molar-refractivity contribution in [1.29, 1.82) is 0 Å². The summed E-state index contributed by atoms with van der Waals surface area (Å²) in [5, 5.41) is 20.2. The fourth-order valence-corrected chi connectivity index (χ4v) is 12.2. The summed E-state index contributed by atoms with van der Waals surface area (Å²) in [7, 11) is 0. The fraction of sp³-hybridized carbons (Fsp3) is 0.949. The van der Waals surface area contributed by atoms with Crippen molar-refractivity contribution in [1.82, 2.24) is 4.90 Å². The molecule has 11 nitrogen and oxygen atoms in total. The predicted octanol–water partition coefficient (Wildman–Crippen LogP) is 6.71.